The van der Waals surface area contributed by atoms with E-state index in [9.17, 15) is 53.4 Å². The highest BCUT2D eigenvalue weighted by atomic mass is 16.6. The number of carboxylic acids is 1. The van der Waals surface area contributed by atoms with Crippen LogP contribution in [0.4, 0.5) is 4.79 Å². The molecule has 1 aliphatic carbocycles. The van der Waals surface area contributed by atoms with Crippen molar-refractivity contribution in [3.8, 4) is 0 Å². The number of amides is 6. The Morgan fingerprint density at radius 3 is 1.81 bits per heavy atom. The number of likely N-dealkylation sites (tertiary alicyclic amines) is 1. The molecule has 2 fully saturated rings. The number of alkyl carbamates (subject to hydrolysis) is 1. The summed E-state index contributed by atoms with van der Waals surface area (Å²) in [6.45, 7) is 14.5. The first-order chi connectivity index (χ1) is 36.6. The van der Waals surface area contributed by atoms with Crippen molar-refractivity contribution in [3.05, 3.63) is 71.8 Å². The molecule has 20 heteroatoms. The van der Waals surface area contributed by atoms with Crippen molar-refractivity contribution < 1.29 is 67.6 Å². The summed E-state index contributed by atoms with van der Waals surface area (Å²) in [5.74, 6) is -7.79. The zero-order chi connectivity index (χ0) is 58.2. The Kier molecular flexibility index (Phi) is 23.7. The van der Waals surface area contributed by atoms with Crippen molar-refractivity contribution in [3.63, 3.8) is 0 Å². The van der Waals surface area contributed by atoms with Crippen LogP contribution >= 0.6 is 0 Å². The minimum Gasteiger partial charge on any atom is -0.480 e. The molecular formula is C58H86N6O14. The molecule has 78 heavy (non-hydrogen) atoms. The Labute approximate surface area is 460 Å². The molecule has 1 aliphatic heterocycles. The van der Waals surface area contributed by atoms with Gasteiger partial charge in [-0.3, -0.25) is 28.8 Å². The third-order valence-electron chi connectivity index (χ3n) is 14.5. The van der Waals surface area contributed by atoms with E-state index < -0.39 is 119 Å². The normalized spacial score (nSPS) is 17.7. The molecule has 8 atom stereocenters. The molecule has 20 nitrogen and oxygen atoms in total. The quantitative estimate of drug-likeness (QED) is 0.0713. The number of carbonyl (C=O) groups excluding carboxylic acids is 8. The van der Waals surface area contributed by atoms with Gasteiger partial charge in [0.25, 0.3) is 5.91 Å². The molecule has 1 saturated heterocycles. The van der Waals surface area contributed by atoms with Crippen molar-refractivity contribution >= 4 is 53.5 Å². The molecule has 0 radical (unpaired) electrons. The van der Waals surface area contributed by atoms with Gasteiger partial charge in [-0.15, -0.1) is 0 Å². The highest BCUT2D eigenvalue weighted by molar-refractivity contribution is 5.97. The third kappa shape index (κ3) is 18.3. The fraction of sp³-hybridized carbons (Fsp3) is 0.638. The summed E-state index contributed by atoms with van der Waals surface area (Å²) >= 11 is 0. The Balaban J connectivity index is 1.63. The molecular weight excluding hydrogens is 1000 g/mol. The van der Waals surface area contributed by atoms with Crippen molar-refractivity contribution in [1.82, 2.24) is 30.2 Å². The summed E-state index contributed by atoms with van der Waals surface area (Å²) < 4.78 is 17.1. The van der Waals surface area contributed by atoms with Gasteiger partial charge in [0.15, 0.2) is 12.1 Å². The molecule has 2 aromatic carbocycles. The van der Waals surface area contributed by atoms with E-state index in [0.717, 1.165) is 47.5 Å². The molecule has 0 unspecified atom stereocenters. The van der Waals surface area contributed by atoms with Crippen LogP contribution in [-0.2, 0) is 65.4 Å². The number of carbonyl (C=O) groups is 9. The van der Waals surface area contributed by atoms with E-state index in [1.807, 2.05) is 6.07 Å². The lowest BCUT2D eigenvalue weighted by Crippen LogP contribution is -2.61. The lowest BCUT2D eigenvalue weighted by Gasteiger charge is -2.39. The van der Waals surface area contributed by atoms with Gasteiger partial charge in [0.05, 0.1) is 5.60 Å². The van der Waals surface area contributed by atoms with Gasteiger partial charge in [-0.1, -0.05) is 94.8 Å². The number of rotatable bonds is 25. The molecule has 4 N–H and O–H groups in total. The van der Waals surface area contributed by atoms with E-state index in [1.165, 1.54) is 44.8 Å². The number of esters is 2. The summed E-state index contributed by atoms with van der Waals surface area (Å²) in [5.41, 5.74) is -1.59. The van der Waals surface area contributed by atoms with Crippen molar-refractivity contribution in [2.75, 3.05) is 27.7 Å². The number of hydrogen-bond acceptors (Lipinski definition) is 13. The van der Waals surface area contributed by atoms with Gasteiger partial charge in [0, 0.05) is 52.9 Å². The monoisotopic (exact) mass is 1090 g/mol. The number of ether oxygens (including phenoxy) is 3. The Hall–Kier alpha value is -6.57. The van der Waals surface area contributed by atoms with Crippen LogP contribution in [0, 0.1) is 11.8 Å². The van der Waals surface area contributed by atoms with Gasteiger partial charge < -0.3 is 54.7 Å². The predicted octanol–water partition coefficient (Wildman–Crippen LogP) is 5.45. The van der Waals surface area contributed by atoms with E-state index >= 15 is 0 Å². The maximum Gasteiger partial charge on any atom is 0.408 e. The largest absolute Gasteiger partial charge is 0.480 e. The standard InChI is InChI=1S/C58H86N6O14/c1-13-37(4)47(77-55(73)48(58(8,9)75)63(12)50(67)41(60-56(74)78-57(5,6)7)31-32-45(65)76-40-28-21-16-22-29-40)53(70)62(11)46(36(2)3)49(66)59-42(34-38-24-17-14-18-25-38)51(68)61(10)44(35-39-26-19-15-20-27-39)52(69)64-33-23-30-43(64)54(71)72/h14-15,17-20,24-27,36-37,40-44,46-48,75H,13,16,21-23,28-35H2,1-12H3,(H,59,66)(H,60,74)(H,71,72)/t37-,41+,42+,43+,44+,46+,47+,48-/m1/s1. The molecule has 2 aromatic rings. The zero-order valence-electron chi connectivity index (χ0n) is 47.8. The molecule has 1 saturated carbocycles. The van der Waals surface area contributed by atoms with Gasteiger partial charge in [-0.05, 0) is 103 Å². The Morgan fingerprint density at radius 1 is 0.718 bits per heavy atom. The number of hydrogen-bond donors (Lipinski definition) is 4. The molecule has 432 valence electrons. The van der Waals surface area contributed by atoms with E-state index in [4.69, 9.17) is 14.2 Å². The van der Waals surface area contributed by atoms with Gasteiger partial charge in [0.1, 0.15) is 41.9 Å². The van der Waals surface area contributed by atoms with Gasteiger partial charge in [0.2, 0.25) is 23.6 Å². The first-order valence-corrected chi connectivity index (χ1v) is 27.4. The maximum atomic E-state index is 14.9. The smallest absolute Gasteiger partial charge is 0.408 e. The number of benzene rings is 2. The highest BCUT2D eigenvalue weighted by Gasteiger charge is 2.47. The molecule has 0 spiro atoms. The van der Waals surface area contributed by atoms with Crippen LogP contribution in [0.2, 0.25) is 0 Å². The molecule has 0 aromatic heterocycles. The van der Waals surface area contributed by atoms with E-state index in [-0.39, 0.29) is 44.8 Å². The lowest BCUT2D eigenvalue weighted by molar-refractivity contribution is -0.177. The van der Waals surface area contributed by atoms with Crippen molar-refractivity contribution in [1.29, 1.82) is 0 Å². The van der Waals surface area contributed by atoms with Crippen LogP contribution in [0.1, 0.15) is 138 Å². The molecule has 1 heterocycles. The summed E-state index contributed by atoms with van der Waals surface area (Å²) in [6, 6.07) is 9.88. The summed E-state index contributed by atoms with van der Waals surface area (Å²) in [4.78, 5) is 131. The number of aliphatic carboxylic acids is 1. The van der Waals surface area contributed by atoms with Gasteiger partial charge in [-0.2, -0.15) is 0 Å². The van der Waals surface area contributed by atoms with Crippen molar-refractivity contribution in [2.24, 2.45) is 11.8 Å². The van der Waals surface area contributed by atoms with Crippen LogP contribution < -0.4 is 10.6 Å². The fourth-order valence-electron chi connectivity index (χ4n) is 10.2. The maximum absolute atomic E-state index is 14.9. The second-order valence-corrected chi connectivity index (χ2v) is 22.8. The van der Waals surface area contributed by atoms with Gasteiger partial charge >= 0.3 is 24.0 Å². The predicted molar refractivity (Wildman–Crippen MR) is 290 cm³/mol. The molecule has 6 amide bonds. The van der Waals surface area contributed by atoms with Crippen LogP contribution in [-0.4, -0.2) is 171 Å². The number of nitrogens with zero attached hydrogens (tertiary/aromatic N) is 4. The SMILES string of the molecule is CC[C@@H](C)[C@H](OC(=O)[C@@H](N(C)C(=O)[C@H](CCC(=O)OC1CCCCC1)NC(=O)OC(C)(C)C)C(C)(C)O)C(=O)N(C)[C@H](C(=O)N[C@@H](Cc1ccccc1)C(=O)N(C)[C@@H](Cc1ccccc1)C(=O)N1CCC[C@H]1C(=O)O)C(C)C. The van der Waals surface area contributed by atoms with E-state index in [1.54, 1.807) is 103 Å². The van der Waals surface area contributed by atoms with E-state index in [2.05, 4.69) is 10.6 Å². The van der Waals surface area contributed by atoms with Crippen LogP contribution in [0.15, 0.2) is 60.7 Å². The highest BCUT2D eigenvalue weighted by Crippen LogP contribution is 2.27. The minimum atomic E-state index is -2.02. The zero-order valence-corrected chi connectivity index (χ0v) is 47.8. The number of carboxylic acid groups (broad SMARTS) is 1. The average Bonchev–Trinajstić information content (AvgIpc) is 3.92. The first kappa shape index (κ1) is 64.0. The summed E-state index contributed by atoms with van der Waals surface area (Å²) in [7, 11) is 4.04. The fourth-order valence-corrected chi connectivity index (χ4v) is 10.2. The summed E-state index contributed by atoms with van der Waals surface area (Å²) in [5, 5.41) is 27.0. The minimum absolute atomic E-state index is 0.0255. The topological polar surface area (TPSA) is 259 Å². The second kappa shape index (κ2) is 28.9. The van der Waals surface area contributed by atoms with Crippen LogP contribution in [0.3, 0.4) is 0 Å². The number of nitrogens with one attached hydrogen (secondary N) is 2. The average molecular weight is 1090 g/mol. The Morgan fingerprint density at radius 2 is 1.28 bits per heavy atom. The molecule has 2 aliphatic rings. The second-order valence-electron chi connectivity index (χ2n) is 22.8. The molecule has 4 rings (SSSR count). The lowest BCUT2D eigenvalue weighted by atomic mass is 9.94. The van der Waals surface area contributed by atoms with Crippen LogP contribution in [0.5, 0.6) is 0 Å². The van der Waals surface area contributed by atoms with Crippen LogP contribution in [0.25, 0.3) is 0 Å². The third-order valence-corrected chi connectivity index (χ3v) is 14.5. The van der Waals surface area contributed by atoms with Gasteiger partial charge in [-0.25, -0.2) is 14.4 Å². The molecule has 0 bridgehead atoms. The number of aliphatic hydroxyl groups is 1. The number of likely N-dealkylation sites (N-methyl/N-ethyl adjacent to an activating group) is 3. The van der Waals surface area contributed by atoms with Crippen molar-refractivity contribution in [2.45, 2.75) is 199 Å². The van der Waals surface area contributed by atoms with E-state index in [0.29, 0.717) is 18.4 Å². The summed E-state index contributed by atoms with van der Waals surface area (Å²) in [6.07, 6.45) is 2.07. The Bertz CT molecular complexity index is 2370. The first-order valence-electron chi connectivity index (χ1n) is 27.4.